The summed E-state index contributed by atoms with van der Waals surface area (Å²) < 4.78 is 0. The van der Waals surface area contributed by atoms with Crippen LogP contribution in [0, 0.1) is 6.92 Å². The molecule has 0 atom stereocenters. The van der Waals surface area contributed by atoms with Gasteiger partial charge in [-0.1, -0.05) is 81.2 Å². The lowest BCUT2D eigenvalue weighted by atomic mass is 10.0. The zero-order valence-electron chi connectivity index (χ0n) is 13.4. The Kier molecular flexibility index (Phi) is 10.3. The molecular formula is C19H33N. The second-order valence-electron chi connectivity index (χ2n) is 6.06. The van der Waals surface area contributed by atoms with Gasteiger partial charge in [-0.3, -0.25) is 0 Å². The first kappa shape index (κ1) is 17.2. The monoisotopic (exact) mass is 275 g/mol. The Bertz CT molecular complexity index is 315. The summed E-state index contributed by atoms with van der Waals surface area (Å²) in [7, 11) is 0. The molecule has 114 valence electrons. The van der Waals surface area contributed by atoms with Crippen molar-refractivity contribution in [2.24, 2.45) is 5.73 Å². The van der Waals surface area contributed by atoms with E-state index in [9.17, 15) is 0 Å². The molecule has 0 aliphatic carbocycles. The minimum atomic E-state index is 0.862. The molecule has 0 aliphatic rings. The predicted octanol–water partition coefficient (Wildman–Crippen LogP) is 5.40. The highest BCUT2D eigenvalue weighted by Crippen LogP contribution is 2.12. The maximum Gasteiger partial charge on any atom is -0.00773 e. The third-order valence-electron chi connectivity index (χ3n) is 4.04. The number of hydrogen-bond donors (Lipinski definition) is 1. The quantitative estimate of drug-likeness (QED) is 0.508. The van der Waals surface area contributed by atoms with E-state index < -0.39 is 0 Å². The molecule has 0 unspecified atom stereocenters. The molecule has 0 saturated heterocycles. The Morgan fingerprint density at radius 1 is 0.650 bits per heavy atom. The van der Waals surface area contributed by atoms with Crippen LogP contribution in [-0.4, -0.2) is 6.54 Å². The predicted molar refractivity (Wildman–Crippen MR) is 90.1 cm³/mol. The van der Waals surface area contributed by atoms with Gasteiger partial charge in [-0.15, -0.1) is 0 Å². The van der Waals surface area contributed by atoms with Crippen LogP contribution in [0.5, 0.6) is 0 Å². The van der Waals surface area contributed by atoms with Crippen molar-refractivity contribution in [2.45, 2.75) is 77.6 Å². The molecule has 1 aromatic rings. The van der Waals surface area contributed by atoms with Gasteiger partial charge in [0.05, 0.1) is 0 Å². The largest absolute Gasteiger partial charge is 0.330 e. The summed E-state index contributed by atoms with van der Waals surface area (Å²) in [4.78, 5) is 0. The molecule has 0 spiro atoms. The number of unbranched alkanes of at least 4 members (excludes halogenated alkanes) is 9. The van der Waals surface area contributed by atoms with Crippen LogP contribution in [0.25, 0.3) is 0 Å². The fraction of sp³-hybridized carbons (Fsp3) is 0.684. The van der Waals surface area contributed by atoms with E-state index in [4.69, 9.17) is 5.73 Å². The number of hydrogen-bond acceptors (Lipinski definition) is 1. The number of benzene rings is 1. The Morgan fingerprint density at radius 3 is 1.60 bits per heavy atom. The van der Waals surface area contributed by atoms with Gasteiger partial charge in [-0.05, 0) is 38.3 Å². The molecule has 1 aromatic carbocycles. The molecule has 0 bridgehead atoms. The first-order valence-corrected chi connectivity index (χ1v) is 8.58. The minimum absolute atomic E-state index is 0.862. The van der Waals surface area contributed by atoms with Crippen LogP contribution in [0.15, 0.2) is 24.3 Å². The Hall–Kier alpha value is -0.820. The SMILES string of the molecule is Cc1ccc(CCCCCCCCCCCCN)cc1. The average Bonchev–Trinajstić information content (AvgIpc) is 2.47. The normalized spacial score (nSPS) is 10.9. The van der Waals surface area contributed by atoms with Crippen LogP contribution in [0.3, 0.4) is 0 Å². The van der Waals surface area contributed by atoms with Gasteiger partial charge < -0.3 is 5.73 Å². The van der Waals surface area contributed by atoms with Gasteiger partial charge in [0.1, 0.15) is 0 Å². The summed E-state index contributed by atoms with van der Waals surface area (Å²) in [5.41, 5.74) is 8.34. The van der Waals surface area contributed by atoms with Gasteiger partial charge in [0, 0.05) is 0 Å². The molecule has 0 fully saturated rings. The summed E-state index contributed by atoms with van der Waals surface area (Å²) >= 11 is 0. The Labute approximate surface area is 126 Å². The Balaban J connectivity index is 1.84. The number of aryl methyl sites for hydroxylation is 2. The molecule has 0 aromatic heterocycles. The third-order valence-corrected chi connectivity index (χ3v) is 4.04. The lowest BCUT2D eigenvalue weighted by Crippen LogP contribution is -1.97. The van der Waals surface area contributed by atoms with Crippen LogP contribution in [0.4, 0.5) is 0 Å². The van der Waals surface area contributed by atoms with Gasteiger partial charge in [0.15, 0.2) is 0 Å². The molecule has 1 rings (SSSR count). The third kappa shape index (κ3) is 9.14. The lowest BCUT2D eigenvalue weighted by molar-refractivity contribution is 0.553. The molecule has 1 heteroatoms. The zero-order chi connectivity index (χ0) is 14.5. The molecule has 20 heavy (non-hydrogen) atoms. The molecule has 0 amide bonds. The summed E-state index contributed by atoms with van der Waals surface area (Å²) in [5.74, 6) is 0. The van der Waals surface area contributed by atoms with Crippen molar-refractivity contribution in [2.75, 3.05) is 6.54 Å². The van der Waals surface area contributed by atoms with E-state index in [1.807, 2.05) is 0 Å². The molecule has 0 saturated carbocycles. The van der Waals surface area contributed by atoms with Crippen molar-refractivity contribution in [3.63, 3.8) is 0 Å². The van der Waals surface area contributed by atoms with Gasteiger partial charge >= 0.3 is 0 Å². The highest BCUT2D eigenvalue weighted by atomic mass is 14.5. The maximum absolute atomic E-state index is 5.49. The van der Waals surface area contributed by atoms with Crippen molar-refractivity contribution in [3.8, 4) is 0 Å². The van der Waals surface area contributed by atoms with Crippen molar-refractivity contribution in [3.05, 3.63) is 35.4 Å². The van der Waals surface area contributed by atoms with Crippen molar-refractivity contribution in [1.29, 1.82) is 0 Å². The van der Waals surface area contributed by atoms with Crippen LogP contribution in [-0.2, 0) is 6.42 Å². The van der Waals surface area contributed by atoms with E-state index in [1.165, 1.54) is 81.8 Å². The van der Waals surface area contributed by atoms with Crippen LogP contribution in [0.2, 0.25) is 0 Å². The van der Waals surface area contributed by atoms with E-state index in [2.05, 4.69) is 31.2 Å². The van der Waals surface area contributed by atoms with E-state index in [0.29, 0.717) is 0 Å². The first-order chi connectivity index (χ1) is 9.83. The maximum atomic E-state index is 5.49. The highest BCUT2D eigenvalue weighted by Gasteiger charge is 1.95. The van der Waals surface area contributed by atoms with E-state index in [1.54, 1.807) is 0 Å². The van der Waals surface area contributed by atoms with E-state index >= 15 is 0 Å². The van der Waals surface area contributed by atoms with Crippen molar-refractivity contribution in [1.82, 2.24) is 0 Å². The summed E-state index contributed by atoms with van der Waals surface area (Å²) in [6.45, 7) is 3.01. The lowest BCUT2D eigenvalue weighted by Gasteiger charge is -2.03. The first-order valence-electron chi connectivity index (χ1n) is 8.58. The molecule has 0 aliphatic heterocycles. The topological polar surface area (TPSA) is 26.0 Å². The van der Waals surface area contributed by atoms with Crippen LogP contribution < -0.4 is 5.73 Å². The second kappa shape index (κ2) is 12.0. The highest BCUT2D eigenvalue weighted by molar-refractivity contribution is 5.21. The molecule has 2 N–H and O–H groups in total. The molecule has 0 heterocycles. The summed E-state index contributed by atoms with van der Waals surface area (Å²) in [6.07, 6.45) is 15.0. The minimum Gasteiger partial charge on any atom is -0.330 e. The zero-order valence-corrected chi connectivity index (χ0v) is 13.4. The van der Waals surface area contributed by atoms with Gasteiger partial charge in [0.25, 0.3) is 0 Å². The molecule has 1 nitrogen and oxygen atoms in total. The van der Waals surface area contributed by atoms with Crippen molar-refractivity contribution >= 4 is 0 Å². The van der Waals surface area contributed by atoms with E-state index in [-0.39, 0.29) is 0 Å². The van der Waals surface area contributed by atoms with Gasteiger partial charge in [-0.2, -0.15) is 0 Å². The second-order valence-corrected chi connectivity index (χ2v) is 6.06. The number of rotatable bonds is 12. The standard InChI is InChI=1S/C19H33N/c1-18-13-15-19(16-14-18)12-10-8-6-4-2-3-5-7-9-11-17-20/h13-16H,2-12,17,20H2,1H3. The average molecular weight is 275 g/mol. The van der Waals surface area contributed by atoms with Crippen LogP contribution >= 0.6 is 0 Å². The number of nitrogens with two attached hydrogens (primary N) is 1. The summed E-state index contributed by atoms with van der Waals surface area (Å²) in [6, 6.07) is 8.99. The van der Waals surface area contributed by atoms with Crippen LogP contribution in [0.1, 0.15) is 75.3 Å². The molecule has 0 radical (unpaired) electrons. The fourth-order valence-corrected chi connectivity index (χ4v) is 2.64. The van der Waals surface area contributed by atoms with Gasteiger partial charge in [-0.25, -0.2) is 0 Å². The summed E-state index contributed by atoms with van der Waals surface area (Å²) in [5, 5.41) is 0. The Morgan fingerprint density at radius 2 is 1.10 bits per heavy atom. The van der Waals surface area contributed by atoms with Gasteiger partial charge in [0.2, 0.25) is 0 Å². The van der Waals surface area contributed by atoms with Crippen molar-refractivity contribution < 1.29 is 0 Å². The molecular weight excluding hydrogens is 242 g/mol. The fourth-order valence-electron chi connectivity index (χ4n) is 2.64. The van der Waals surface area contributed by atoms with E-state index in [0.717, 1.165) is 6.54 Å². The smallest absolute Gasteiger partial charge is 0.00773 e.